The Bertz CT molecular complexity index is 366. The largest absolute Gasteiger partial charge is 0.384 e. The maximum Gasteiger partial charge on any atom is 0.135 e. The van der Waals surface area contributed by atoms with Crippen LogP contribution in [0.5, 0.6) is 0 Å². The Balaban J connectivity index is 3.06. The molecule has 1 rings (SSSR count). The van der Waals surface area contributed by atoms with Gasteiger partial charge in [0.1, 0.15) is 11.7 Å². The van der Waals surface area contributed by atoms with Crippen LogP contribution in [0.1, 0.15) is 25.8 Å². The highest BCUT2D eigenvalue weighted by Crippen LogP contribution is 2.29. The van der Waals surface area contributed by atoms with Crippen molar-refractivity contribution in [3.05, 3.63) is 29.6 Å². The fraction of sp³-hybridized carbons (Fsp3) is 0.364. The summed E-state index contributed by atoms with van der Waals surface area (Å²) in [5.41, 5.74) is 5.59. The molecule has 0 heterocycles. The first-order valence-corrected chi connectivity index (χ1v) is 5.73. The van der Waals surface area contributed by atoms with E-state index >= 15 is 0 Å². The van der Waals surface area contributed by atoms with E-state index in [-0.39, 0.29) is 11.4 Å². The third-order valence-corrected chi connectivity index (χ3v) is 3.48. The van der Waals surface area contributed by atoms with Crippen molar-refractivity contribution in [2.45, 2.75) is 30.4 Å². The average Bonchev–Trinajstić information content (AvgIpc) is 2.17. The zero-order valence-corrected chi connectivity index (χ0v) is 9.70. The number of rotatable bonds is 4. The SMILES string of the molecule is CCC(C)Sc1cccc(F)c1C(=N)N. The highest BCUT2D eigenvalue weighted by molar-refractivity contribution is 8.00. The van der Waals surface area contributed by atoms with Gasteiger partial charge in [-0.25, -0.2) is 4.39 Å². The minimum Gasteiger partial charge on any atom is -0.384 e. The van der Waals surface area contributed by atoms with Crippen LogP contribution in [0.3, 0.4) is 0 Å². The van der Waals surface area contributed by atoms with Gasteiger partial charge in [-0.15, -0.1) is 11.8 Å². The topological polar surface area (TPSA) is 49.9 Å². The van der Waals surface area contributed by atoms with Crippen molar-refractivity contribution in [1.29, 1.82) is 5.41 Å². The molecular formula is C11H15FN2S. The van der Waals surface area contributed by atoms with E-state index in [0.29, 0.717) is 5.25 Å². The molecule has 2 nitrogen and oxygen atoms in total. The van der Waals surface area contributed by atoms with Crippen LogP contribution in [0.25, 0.3) is 0 Å². The van der Waals surface area contributed by atoms with Gasteiger partial charge in [-0.1, -0.05) is 19.9 Å². The molecule has 3 N–H and O–H groups in total. The Hall–Kier alpha value is -1.03. The highest BCUT2D eigenvalue weighted by atomic mass is 32.2. The molecule has 0 aromatic heterocycles. The van der Waals surface area contributed by atoms with E-state index in [1.165, 1.54) is 6.07 Å². The Morgan fingerprint density at radius 2 is 2.27 bits per heavy atom. The lowest BCUT2D eigenvalue weighted by molar-refractivity contribution is 0.621. The third kappa shape index (κ3) is 2.96. The number of benzene rings is 1. The fourth-order valence-corrected chi connectivity index (χ4v) is 2.25. The van der Waals surface area contributed by atoms with Gasteiger partial charge < -0.3 is 5.73 Å². The van der Waals surface area contributed by atoms with E-state index in [1.54, 1.807) is 23.9 Å². The summed E-state index contributed by atoms with van der Waals surface area (Å²) in [5.74, 6) is -0.630. The first-order chi connectivity index (χ1) is 7.06. The zero-order valence-electron chi connectivity index (χ0n) is 8.88. The van der Waals surface area contributed by atoms with Gasteiger partial charge in [-0.05, 0) is 18.6 Å². The minimum absolute atomic E-state index is 0.209. The monoisotopic (exact) mass is 226 g/mol. The molecule has 1 atom stereocenters. The molecule has 0 saturated heterocycles. The molecule has 1 aromatic rings. The van der Waals surface area contributed by atoms with E-state index in [9.17, 15) is 4.39 Å². The van der Waals surface area contributed by atoms with Crippen molar-refractivity contribution >= 4 is 17.6 Å². The molecule has 0 aliphatic heterocycles. The molecular weight excluding hydrogens is 211 g/mol. The Kier molecular flexibility index (Phi) is 4.15. The molecule has 82 valence electrons. The van der Waals surface area contributed by atoms with Gasteiger partial charge in [0.05, 0.1) is 5.56 Å². The number of amidine groups is 1. The van der Waals surface area contributed by atoms with Crippen LogP contribution in [0.2, 0.25) is 0 Å². The lowest BCUT2D eigenvalue weighted by atomic mass is 10.2. The van der Waals surface area contributed by atoms with Crippen LogP contribution in [0.4, 0.5) is 4.39 Å². The van der Waals surface area contributed by atoms with E-state index < -0.39 is 5.82 Å². The quantitative estimate of drug-likeness (QED) is 0.471. The first-order valence-electron chi connectivity index (χ1n) is 4.85. The van der Waals surface area contributed by atoms with Gasteiger partial charge in [-0.2, -0.15) is 0 Å². The molecule has 0 amide bonds. The smallest absolute Gasteiger partial charge is 0.135 e. The van der Waals surface area contributed by atoms with Gasteiger partial charge >= 0.3 is 0 Å². The number of nitrogens with one attached hydrogen (secondary N) is 1. The zero-order chi connectivity index (χ0) is 11.4. The first kappa shape index (κ1) is 12.0. The molecule has 15 heavy (non-hydrogen) atoms. The summed E-state index contributed by atoms with van der Waals surface area (Å²) in [5, 5.41) is 7.74. The molecule has 0 radical (unpaired) electrons. The van der Waals surface area contributed by atoms with Crippen molar-refractivity contribution in [2.75, 3.05) is 0 Å². The second-order valence-electron chi connectivity index (χ2n) is 3.36. The van der Waals surface area contributed by atoms with E-state index in [0.717, 1.165) is 11.3 Å². The van der Waals surface area contributed by atoms with Crippen LogP contribution < -0.4 is 5.73 Å². The molecule has 0 aliphatic rings. The number of hydrogen-bond donors (Lipinski definition) is 2. The van der Waals surface area contributed by atoms with Crippen molar-refractivity contribution in [2.24, 2.45) is 5.73 Å². The van der Waals surface area contributed by atoms with Crippen LogP contribution in [0.15, 0.2) is 23.1 Å². The number of halogens is 1. The lowest BCUT2D eigenvalue weighted by Crippen LogP contribution is -2.15. The molecule has 0 aliphatic carbocycles. The van der Waals surface area contributed by atoms with Crippen molar-refractivity contribution < 1.29 is 4.39 Å². The second kappa shape index (κ2) is 5.16. The molecule has 1 unspecified atom stereocenters. The second-order valence-corrected chi connectivity index (χ2v) is 4.84. The fourth-order valence-electron chi connectivity index (χ4n) is 1.16. The lowest BCUT2D eigenvalue weighted by Gasteiger charge is -2.12. The standard InChI is InChI=1S/C11H15FN2S/c1-3-7(2)15-9-6-4-5-8(12)10(9)11(13)14/h4-7H,3H2,1-2H3,(H3,13,14). The van der Waals surface area contributed by atoms with Gasteiger partial charge in [0, 0.05) is 10.1 Å². The summed E-state index contributed by atoms with van der Waals surface area (Å²) in [6.07, 6.45) is 0.999. The molecule has 1 aromatic carbocycles. The number of nitrogens with two attached hydrogens (primary N) is 1. The van der Waals surface area contributed by atoms with Gasteiger partial charge in [0.2, 0.25) is 0 Å². The number of hydrogen-bond acceptors (Lipinski definition) is 2. The molecule has 0 saturated carbocycles. The van der Waals surface area contributed by atoms with Crippen molar-refractivity contribution in [3.8, 4) is 0 Å². The van der Waals surface area contributed by atoms with E-state index in [1.807, 2.05) is 0 Å². The van der Waals surface area contributed by atoms with Crippen LogP contribution in [-0.4, -0.2) is 11.1 Å². The minimum atomic E-state index is -0.421. The highest BCUT2D eigenvalue weighted by Gasteiger charge is 2.13. The summed E-state index contributed by atoms with van der Waals surface area (Å²) in [4.78, 5) is 0.747. The van der Waals surface area contributed by atoms with Crippen LogP contribution in [0, 0.1) is 11.2 Å². The van der Waals surface area contributed by atoms with Gasteiger partial charge in [-0.3, -0.25) is 5.41 Å². The third-order valence-electron chi connectivity index (χ3n) is 2.15. The summed E-state index contributed by atoms with van der Waals surface area (Å²) in [6, 6.07) is 4.78. The van der Waals surface area contributed by atoms with Crippen molar-refractivity contribution in [1.82, 2.24) is 0 Å². The normalized spacial score (nSPS) is 12.5. The Morgan fingerprint density at radius 1 is 1.60 bits per heavy atom. The summed E-state index contributed by atoms with van der Waals surface area (Å²) in [7, 11) is 0. The molecule has 0 bridgehead atoms. The predicted octanol–water partition coefficient (Wildman–Crippen LogP) is 3.00. The van der Waals surface area contributed by atoms with Crippen molar-refractivity contribution in [3.63, 3.8) is 0 Å². The Labute approximate surface area is 93.6 Å². The maximum absolute atomic E-state index is 13.4. The van der Waals surface area contributed by atoms with E-state index in [2.05, 4.69) is 13.8 Å². The Morgan fingerprint density at radius 3 is 2.80 bits per heavy atom. The maximum atomic E-state index is 13.4. The average molecular weight is 226 g/mol. The van der Waals surface area contributed by atoms with Crippen LogP contribution in [-0.2, 0) is 0 Å². The molecule has 0 spiro atoms. The molecule has 4 heteroatoms. The molecule has 0 fully saturated rings. The van der Waals surface area contributed by atoms with E-state index in [4.69, 9.17) is 11.1 Å². The predicted molar refractivity (Wildman–Crippen MR) is 63.0 cm³/mol. The number of thioether (sulfide) groups is 1. The van der Waals surface area contributed by atoms with Gasteiger partial charge in [0.15, 0.2) is 0 Å². The summed E-state index contributed by atoms with van der Waals surface area (Å²) in [6.45, 7) is 4.14. The van der Waals surface area contributed by atoms with Crippen LogP contribution >= 0.6 is 11.8 Å². The summed E-state index contributed by atoms with van der Waals surface area (Å²) < 4.78 is 13.4. The summed E-state index contributed by atoms with van der Waals surface area (Å²) >= 11 is 1.55. The number of nitrogen functional groups attached to an aromatic ring is 1. The van der Waals surface area contributed by atoms with Gasteiger partial charge in [0.25, 0.3) is 0 Å².